The second kappa shape index (κ2) is 10.8. The Morgan fingerprint density at radius 1 is 1.03 bits per heavy atom. The topological polar surface area (TPSA) is 105 Å². The van der Waals surface area contributed by atoms with Gasteiger partial charge in [0, 0.05) is 25.8 Å². The molecule has 1 aliphatic rings. The van der Waals surface area contributed by atoms with Crippen LogP contribution in [0.2, 0.25) is 5.02 Å². The Balaban J connectivity index is 1.68. The molecule has 1 saturated heterocycles. The number of hydrogen-bond donors (Lipinski definition) is 2. The maximum atomic E-state index is 13.0. The predicted octanol–water partition coefficient (Wildman–Crippen LogP) is 3.74. The van der Waals surface area contributed by atoms with Gasteiger partial charge in [0.25, 0.3) is 5.91 Å². The Morgan fingerprint density at radius 3 is 2.41 bits per heavy atom. The molecule has 0 aromatic heterocycles. The summed E-state index contributed by atoms with van der Waals surface area (Å²) in [6.45, 7) is 0.393. The van der Waals surface area contributed by atoms with Gasteiger partial charge in [-0.25, -0.2) is 13.2 Å². The SMILES string of the molecule is CNc1ccccc1C(=O)OCC(=O)Nc1cc(S(=O)(=O)N2CCCCCC2)ccc1Cl. The minimum Gasteiger partial charge on any atom is -0.452 e. The quantitative estimate of drug-likeness (QED) is 0.586. The summed E-state index contributed by atoms with van der Waals surface area (Å²) in [6.07, 6.45) is 3.65. The molecule has 2 aromatic carbocycles. The summed E-state index contributed by atoms with van der Waals surface area (Å²) >= 11 is 6.16. The molecule has 8 nitrogen and oxygen atoms in total. The molecule has 172 valence electrons. The minimum absolute atomic E-state index is 0.0547. The van der Waals surface area contributed by atoms with Crippen LogP contribution in [0.4, 0.5) is 11.4 Å². The van der Waals surface area contributed by atoms with Gasteiger partial charge in [-0.05, 0) is 43.2 Å². The highest BCUT2D eigenvalue weighted by atomic mass is 35.5. The molecule has 0 unspecified atom stereocenters. The zero-order valence-corrected chi connectivity index (χ0v) is 19.3. The zero-order valence-electron chi connectivity index (χ0n) is 17.8. The number of halogens is 1. The van der Waals surface area contributed by atoms with Crippen molar-refractivity contribution in [3.05, 3.63) is 53.1 Å². The Labute approximate surface area is 192 Å². The van der Waals surface area contributed by atoms with Crippen molar-refractivity contribution in [1.29, 1.82) is 0 Å². The first kappa shape index (κ1) is 24.0. The lowest BCUT2D eigenvalue weighted by Gasteiger charge is -2.20. The minimum atomic E-state index is -3.70. The summed E-state index contributed by atoms with van der Waals surface area (Å²) in [4.78, 5) is 24.7. The average Bonchev–Trinajstić information content (AvgIpc) is 3.09. The number of nitrogens with zero attached hydrogens (tertiary/aromatic N) is 1. The van der Waals surface area contributed by atoms with Crippen LogP contribution in [-0.4, -0.2) is 51.3 Å². The number of nitrogens with one attached hydrogen (secondary N) is 2. The third-order valence-corrected chi connectivity index (χ3v) is 7.39. The van der Waals surface area contributed by atoms with Gasteiger partial charge in [0.1, 0.15) is 0 Å². The van der Waals surface area contributed by atoms with E-state index in [9.17, 15) is 18.0 Å². The molecule has 0 aliphatic carbocycles. The first-order chi connectivity index (χ1) is 15.3. The van der Waals surface area contributed by atoms with E-state index in [0.29, 0.717) is 24.3 Å². The van der Waals surface area contributed by atoms with E-state index >= 15 is 0 Å². The largest absolute Gasteiger partial charge is 0.452 e. The zero-order chi connectivity index (χ0) is 23.1. The molecular formula is C22H26ClN3O5S. The van der Waals surface area contributed by atoms with Crippen LogP contribution in [0.3, 0.4) is 0 Å². The Hall–Kier alpha value is -2.62. The number of hydrogen-bond acceptors (Lipinski definition) is 6. The molecule has 0 radical (unpaired) electrons. The normalized spacial score (nSPS) is 14.9. The number of rotatable bonds is 7. The molecule has 10 heteroatoms. The summed E-state index contributed by atoms with van der Waals surface area (Å²) in [5, 5.41) is 5.59. The van der Waals surface area contributed by atoms with Gasteiger partial charge < -0.3 is 15.4 Å². The van der Waals surface area contributed by atoms with Crippen molar-refractivity contribution in [2.45, 2.75) is 30.6 Å². The Morgan fingerprint density at radius 2 is 1.72 bits per heavy atom. The molecule has 3 rings (SSSR count). The number of amides is 1. The van der Waals surface area contributed by atoms with Crippen molar-refractivity contribution in [3.8, 4) is 0 Å². The summed E-state index contributed by atoms with van der Waals surface area (Å²) in [7, 11) is -2.02. The molecule has 0 bridgehead atoms. The Kier molecular flexibility index (Phi) is 8.11. The van der Waals surface area contributed by atoms with Crippen molar-refractivity contribution in [1.82, 2.24) is 4.31 Å². The van der Waals surface area contributed by atoms with Crippen molar-refractivity contribution >= 4 is 44.9 Å². The van der Waals surface area contributed by atoms with Gasteiger partial charge in [0.2, 0.25) is 10.0 Å². The van der Waals surface area contributed by atoms with E-state index in [4.69, 9.17) is 16.3 Å². The highest BCUT2D eigenvalue weighted by molar-refractivity contribution is 7.89. The monoisotopic (exact) mass is 479 g/mol. The van der Waals surface area contributed by atoms with Gasteiger partial charge in [-0.15, -0.1) is 0 Å². The fourth-order valence-electron chi connectivity index (χ4n) is 3.47. The van der Waals surface area contributed by atoms with Crippen molar-refractivity contribution in [2.24, 2.45) is 0 Å². The average molecular weight is 480 g/mol. The number of carbonyl (C=O) groups is 2. The fraction of sp³-hybridized carbons (Fsp3) is 0.364. The van der Waals surface area contributed by atoms with Crippen LogP contribution in [-0.2, 0) is 19.6 Å². The molecule has 0 atom stereocenters. The molecule has 1 heterocycles. The van der Waals surface area contributed by atoms with E-state index in [1.165, 1.54) is 22.5 Å². The van der Waals surface area contributed by atoms with Gasteiger partial charge in [-0.2, -0.15) is 4.31 Å². The van der Waals surface area contributed by atoms with Crippen LogP contribution >= 0.6 is 11.6 Å². The molecule has 2 N–H and O–H groups in total. The summed E-state index contributed by atoms with van der Waals surface area (Å²) in [5.74, 6) is -1.29. The molecular weight excluding hydrogens is 454 g/mol. The van der Waals surface area contributed by atoms with Crippen LogP contribution in [0.1, 0.15) is 36.0 Å². The van der Waals surface area contributed by atoms with Crippen LogP contribution in [0, 0.1) is 0 Å². The van der Waals surface area contributed by atoms with Gasteiger partial charge in [0.05, 0.1) is 21.2 Å². The molecule has 1 aliphatic heterocycles. The maximum absolute atomic E-state index is 13.0. The standard InChI is InChI=1S/C22H26ClN3O5S/c1-24-19-9-5-4-8-17(19)22(28)31-15-21(27)25-20-14-16(10-11-18(20)23)32(29,30)26-12-6-2-3-7-13-26/h4-5,8-11,14,24H,2-3,6-7,12-13,15H2,1H3,(H,25,27). The second-order valence-corrected chi connectivity index (χ2v) is 9.72. The van der Waals surface area contributed by atoms with Crippen molar-refractivity contribution in [2.75, 3.05) is 37.4 Å². The molecule has 0 spiro atoms. The highest BCUT2D eigenvalue weighted by Crippen LogP contribution is 2.28. The molecule has 1 amide bonds. The van der Waals surface area contributed by atoms with Crippen LogP contribution in [0.25, 0.3) is 0 Å². The van der Waals surface area contributed by atoms with Crippen LogP contribution < -0.4 is 10.6 Å². The second-order valence-electron chi connectivity index (χ2n) is 7.38. The highest BCUT2D eigenvalue weighted by Gasteiger charge is 2.26. The summed E-state index contributed by atoms with van der Waals surface area (Å²) < 4.78 is 32.6. The molecule has 0 saturated carbocycles. The lowest BCUT2D eigenvalue weighted by molar-refractivity contribution is -0.119. The third-order valence-electron chi connectivity index (χ3n) is 5.17. The van der Waals surface area contributed by atoms with Crippen molar-refractivity contribution in [3.63, 3.8) is 0 Å². The van der Waals surface area contributed by atoms with E-state index in [-0.39, 0.29) is 15.6 Å². The number of esters is 1. The van der Waals surface area contributed by atoms with Crippen LogP contribution in [0.15, 0.2) is 47.4 Å². The van der Waals surface area contributed by atoms with E-state index in [2.05, 4.69) is 10.6 Å². The maximum Gasteiger partial charge on any atom is 0.340 e. The smallest absolute Gasteiger partial charge is 0.340 e. The summed E-state index contributed by atoms with van der Waals surface area (Å²) in [5.41, 5.74) is 1.01. The molecule has 2 aromatic rings. The lowest BCUT2D eigenvalue weighted by Crippen LogP contribution is -2.32. The van der Waals surface area contributed by atoms with Gasteiger partial charge in [-0.3, -0.25) is 4.79 Å². The fourth-order valence-corrected chi connectivity index (χ4v) is 5.17. The number of carbonyl (C=O) groups excluding carboxylic acids is 2. The number of para-hydroxylation sites is 1. The first-order valence-corrected chi connectivity index (χ1v) is 12.2. The van der Waals surface area contributed by atoms with Crippen molar-refractivity contribution < 1.29 is 22.7 Å². The van der Waals surface area contributed by atoms with Gasteiger partial charge in [0.15, 0.2) is 6.61 Å². The molecule has 32 heavy (non-hydrogen) atoms. The number of anilines is 2. The van der Waals surface area contributed by atoms with Gasteiger partial charge >= 0.3 is 5.97 Å². The number of benzene rings is 2. The van der Waals surface area contributed by atoms with E-state index < -0.39 is 28.5 Å². The third kappa shape index (κ3) is 5.79. The summed E-state index contributed by atoms with van der Waals surface area (Å²) in [6, 6.07) is 10.9. The number of sulfonamides is 1. The molecule has 1 fully saturated rings. The van der Waals surface area contributed by atoms with Crippen LogP contribution in [0.5, 0.6) is 0 Å². The predicted molar refractivity (Wildman–Crippen MR) is 124 cm³/mol. The number of ether oxygens (including phenoxy) is 1. The van der Waals surface area contributed by atoms with E-state index in [1.54, 1.807) is 31.3 Å². The van der Waals surface area contributed by atoms with E-state index in [0.717, 1.165) is 25.7 Å². The lowest BCUT2D eigenvalue weighted by atomic mass is 10.2. The Bertz CT molecular complexity index is 1080. The van der Waals surface area contributed by atoms with E-state index in [1.807, 2.05) is 0 Å². The van der Waals surface area contributed by atoms with Gasteiger partial charge in [-0.1, -0.05) is 36.6 Å². The first-order valence-electron chi connectivity index (χ1n) is 10.4.